The molecule has 1 aromatic carbocycles. The van der Waals surface area contributed by atoms with E-state index >= 15 is 0 Å². The van der Waals surface area contributed by atoms with Crippen LogP contribution in [0.5, 0.6) is 0 Å². The number of halogens is 2. The molecular weight excluding hydrogens is 565 g/mol. The fourth-order valence-corrected chi connectivity index (χ4v) is 6.41. The van der Waals surface area contributed by atoms with Crippen molar-refractivity contribution in [3.63, 3.8) is 0 Å². The summed E-state index contributed by atoms with van der Waals surface area (Å²) in [5.74, 6) is 1.71. The minimum absolute atomic E-state index is 0.0194. The smallest absolute Gasteiger partial charge is 0.315 e. The fourth-order valence-electron chi connectivity index (χ4n) is 4.57. The van der Waals surface area contributed by atoms with Crippen molar-refractivity contribution in [2.24, 2.45) is 0 Å². The van der Waals surface area contributed by atoms with Crippen LogP contribution in [0.1, 0.15) is 39.5 Å². The molecule has 2 saturated heterocycles. The number of fused-ring (bicyclic) bond motifs is 2. The summed E-state index contributed by atoms with van der Waals surface area (Å²) in [6.45, 7) is 4.25. The zero-order chi connectivity index (χ0) is 27.6. The molecule has 0 radical (unpaired) electrons. The zero-order valence-corrected chi connectivity index (χ0v) is 23.7. The van der Waals surface area contributed by atoms with Gasteiger partial charge in [-0.25, -0.2) is 19.4 Å². The van der Waals surface area contributed by atoms with Crippen LogP contribution in [0.25, 0.3) is 11.3 Å². The van der Waals surface area contributed by atoms with Crippen LogP contribution in [0.15, 0.2) is 22.8 Å². The molecule has 2 aromatic heterocycles. The highest BCUT2D eigenvalue weighted by Gasteiger charge is 2.42. The summed E-state index contributed by atoms with van der Waals surface area (Å²) >= 11 is 14.1. The first kappa shape index (κ1) is 27.5. The number of hydrogen-bond acceptors (Lipinski definition) is 10. The van der Waals surface area contributed by atoms with Gasteiger partial charge in [-0.05, 0) is 55.2 Å². The number of benzene rings is 1. The molecule has 15 heteroatoms. The predicted molar refractivity (Wildman–Crippen MR) is 152 cm³/mol. The van der Waals surface area contributed by atoms with E-state index in [1.54, 1.807) is 18.2 Å². The van der Waals surface area contributed by atoms with Gasteiger partial charge in [0.25, 0.3) is 0 Å². The number of nitrogens with zero attached hydrogens (tertiary/aromatic N) is 4. The molecule has 208 valence electrons. The highest BCUT2D eigenvalue weighted by Crippen LogP contribution is 2.33. The Morgan fingerprint density at radius 3 is 2.67 bits per heavy atom. The lowest BCUT2D eigenvalue weighted by Crippen LogP contribution is -2.44. The Balaban J connectivity index is 1.13. The van der Waals surface area contributed by atoms with Gasteiger partial charge in [-0.2, -0.15) is 11.8 Å². The molecule has 0 saturated carbocycles. The molecule has 0 aliphatic carbocycles. The zero-order valence-electron chi connectivity index (χ0n) is 21.4. The number of unbranched alkanes of at least 4 members (excludes halogenated alkanes) is 1. The minimum atomic E-state index is -0.577. The van der Waals surface area contributed by atoms with Crippen LogP contribution in [-0.2, 0) is 4.79 Å². The molecular formula is C24H29Cl2N9O3S. The maximum absolute atomic E-state index is 12.6. The van der Waals surface area contributed by atoms with Gasteiger partial charge < -0.3 is 26.6 Å². The Kier molecular flexibility index (Phi) is 8.19. The third kappa shape index (κ3) is 6.76. The molecule has 5 N–H and O–H groups in total. The van der Waals surface area contributed by atoms with Crippen molar-refractivity contribution in [3.05, 3.63) is 28.2 Å². The number of amides is 3. The lowest BCUT2D eigenvalue weighted by molar-refractivity contribution is -0.121. The Labute approximate surface area is 239 Å². The van der Waals surface area contributed by atoms with E-state index in [1.807, 2.05) is 25.6 Å². The SMILES string of the molecule is CC(C)(CNC(=O)CCCC[C@@H]1SC[C@@H]2NC(=O)NC21)Nc1nc2nonc2nc1Nc1ccc(Cl)c(Cl)c1. The summed E-state index contributed by atoms with van der Waals surface area (Å²) in [7, 11) is 0. The van der Waals surface area contributed by atoms with Gasteiger partial charge in [0.05, 0.1) is 27.7 Å². The number of carbonyl (C=O) groups excluding carboxylic acids is 2. The standard InChI is InChI=1S/C24H29Cl2N9O3S/c1-24(2,11-27-17(36)6-4-3-5-16-18-15(10-39-16)29-23(37)30-18)33-20-19(31-21-22(32-20)35-38-34-21)28-12-7-8-13(25)14(26)9-12/h7-9,15-16,18H,3-6,10-11H2,1-2H3,(H,27,36)(H,28,31,34)(H2,29,30,37)(H,32,33,35)/t15-,16-,18?/m0/s1. The van der Waals surface area contributed by atoms with Gasteiger partial charge in [-0.3, -0.25) is 4.79 Å². The van der Waals surface area contributed by atoms with E-state index in [1.165, 1.54) is 0 Å². The number of nitrogens with one attached hydrogen (secondary N) is 5. The third-order valence-corrected chi connectivity index (χ3v) is 8.81. The van der Waals surface area contributed by atoms with E-state index in [9.17, 15) is 9.59 Å². The normalized spacial score (nSPS) is 20.4. The predicted octanol–water partition coefficient (Wildman–Crippen LogP) is 4.10. The van der Waals surface area contributed by atoms with Crippen LogP contribution in [0.4, 0.5) is 22.1 Å². The maximum Gasteiger partial charge on any atom is 0.315 e. The molecule has 12 nitrogen and oxygen atoms in total. The van der Waals surface area contributed by atoms with Gasteiger partial charge in [-0.1, -0.05) is 29.6 Å². The van der Waals surface area contributed by atoms with E-state index in [0.29, 0.717) is 45.6 Å². The lowest BCUT2D eigenvalue weighted by atomic mass is 10.0. The summed E-state index contributed by atoms with van der Waals surface area (Å²) in [5.41, 5.74) is 0.567. The molecule has 5 rings (SSSR count). The molecule has 2 aliphatic heterocycles. The number of carbonyl (C=O) groups is 2. The van der Waals surface area contributed by atoms with Crippen LogP contribution < -0.4 is 26.6 Å². The monoisotopic (exact) mass is 593 g/mol. The van der Waals surface area contributed by atoms with Crippen LogP contribution >= 0.6 is 35.0 Å². The van der Waals surface area contributed by atoms with Crippen molar-refractivity contribution < 1.29 is 14.2 Å². The van der Waals surface area contributed by atoms with E-state index in [-0.39, 0.29) is 35.3 Å². The van der Waals surface area contributed by atoms with Crippen molar-refractivity contribution in [3.8, 4) is 0 Å². The topological polar surface area (TPSA) is 159 Å². The van der Waals surface area contributed by atoms with Crippen molar-refractivity contribution in [2.75, 3.05) is 22.9 Å². The highest BCUT2D eigenvalue weighted by molar-refractivity contribution is 8.00. The van der Waals surface area contributed by atoms with Crippen LogP contribution in [0.2, 0.25) is 10.0 Å². The molecule has 2 aliphatic rings. The third-order valence-electron chi connectivity index (χ3n) is 6.56. The average molecular weight is 595 g/mol. The van der Waals surface area contributed by atoms with Crippen molar-refractivity contribution in [1.29, 1.82) is 0 Å². The van der Waals surface area contributed by atoms with Gasteiger partial charge >= 0.3 is 6.03 Å². The second-order valence-corrected chi connectivity index (χ2v) is 12.3. The molecule has 3 amide bonds. The first-order valence-corrected chi connectivity index (χ1v) is 14.4. The molecule has 39 heavy (non-hydrogen) atoms. The lowest BCUT2D eigenvalue weighted by Gasteiger charge is -2.28. The summed E-state index contributed by atoms with van der Waals surface area (Å²) in [5, 5.41) is 24.3. The van der Waals surface area contributed by atoms with Crippen molar-refractivity contribution in [1.82, 2.24) is 36.2 Å². The average Bonchev–Trinajstić information content (AvgIpc) is 3.59. The Morgan fingerprint density at radius 2 is 1.90 bits per heavy atom. The van der Waals surface area contributed by atoms with Gasteiger partial charge in [-0.15, -0.1) is 0 Å². The molecule has 2 fully saturated rings. The van der Waals surface area contributed by atoms with Gasteiger partial charge in [0.15, 0.2) is 11.6 Å². The Hall–Kier alpha value is -3.03. The maximum atomic E-state index is 12.6. The molecule has 1 unspecified atom stereocenters. The Morgan fingerprint density at radius 1 is 1.13 bits per heavy atom. The van der Waals surface area contributed by atoms with Crippen LogP contribution in [0, 0.1) is 0 Å². The van der Waals surface area contributed by atoms with Crippen molar-refractivity contribution in [2.45, 2.75) is 62.4 Å². The van der Waals surface area contributed by atoms with E-state index < -0.39 is 5.54 Å². The minimum Gasteiger partial charge on any atom is -0.360 e. The summed E-state index contributed by atoms with van der Waals surface area (Å²) in [6.07, 6.45) is 3.12. The molecule has 4 heterocycles. The second kappa shape index (κ2) is 11.6. The number of aromatic nitrogens is 4. The number of thioether (sulfide) groups is 1. The van der Waals surface area contributed by atoms with Crippen LogP contribution in [0.3, 0.4) is 0 Å². The molecule has 0 spiro atoms. The van der Waals surface area contributed by atoms with Gasteiger partial charge in [0.1, 0.15) is 0 Å². The van der Waals surface area contributed by atoms with Gasteiger partial charge in [0, 0.05) is 29.7 Å². The number of urea groups is 1. The van der Waals surface area contributed by atoms with E-state index in [4.69, 9.17) is 27.8 Å². The second-order valence-electron chi connectivity index (χ2n) is 10.2. The van der Waals surface area contributed by atoms with Crippen LogP contribution in [-0.4, -0.2) is 67.4 Å². The summed E-state index contributed by atoms with van der Waals surface area (Å²) in [6, 6.07) is 5.45. The number of hydrogen-bond donors (Lipinski definition) is 5. The fraction of sp³-hybridized carbons (Fsp3) is 0.500. The number of rotatable bonds is 11. The molecule has 3 aromatic rings. The highest BCUT2D eigenvalue weighted by atomic mass is 35.5. The van der Waals surface area contributed by atoms with E-state index in [2.05, 4.69) is 46.9 Å². The molecule has 3 atom stereocenters. The van der Waals surface area contributed by atoms with Crippen molar-refractivity contribution >= 4 is 75.5 Å². The summed E-state index contributed by atoms with van der Waals surface area (Å²) in [4.78, 5) is 33.1. The first-order valence-electron chi connectivity index (χ1n) is 12.6. The quantitative estimate of drug-likeness (QED) is 0.162. The molecule has 0 bridgehead atoms. The van der Waals surface area contributed by atoms with E-state index in [0.717, 1.165) is 25.0 Å². The Bertz CT molecular complexity index is 1370. The van der Waals surface area contributed by atoms with Gasteiger partial charge in [0.2, 0.25) is 17.2 Å². The number of anilines is 3. The first-order chi connectivity index (χ1) is 18.7. The summed E-state index contributed by atoms with van der Waals surface area (Å²) < 4.78 is 4.77. The largest absolute Gasteiger partial charge is 0.360 e.